The molecule has 0 aromatic heterocycles. The van der Waals surface area contributed by atoms with Gasteiger partial charge >= 0.3 is 6.03 Å². The number of carbonyl (C=O) groups excluding carboxylic acids is 2. The summed E-state index contributed by atoms with van der Waals surface area (Å²) in [4.78, 5) is 29.3. The number of nitrogens with zero attached hydrogens (tertiary/aromatic N) is 2. The molecule has 6 nitrogen and oxygen atoms in total. The van der Waals surface area contributed by atoms with E-state index in [0.29, 0.717) is 11.6 Å². The molecule has 2 saturated heterocycles. The van der Waals surface area contributed by atoms with Gasteiger partial charge in [0.05, 0.1) is 0 Å². The highest BCUT2D eigenvalue weighted by molar-refractivity contribution is 5.94. The van der Waals surface area contributed by atoms with Gasteiger partial charge in [-0.1, -0.05) is 32.8 Å². The number of urea groups is 1. The lowest BCUT2D eigenvalue weighted by Crippen LogP contribution is -2.43. The predicted octanol–water partition coefficient (Wildman–Crippen LogP) is 4.71. The smallest absolute Gasteiger partial charge is 0.321 e. The fourth-order valence-electron chi connectivity index (χ4n) is 4.32. The van der Waals surface area contributed by atoms with Crippen LogP contribution in [0.3, 0.4) is 0 Å². The van der Waals surface area contributed by atoms with E-state index in [-0.39, 0.29) is 17.9 Å². The standard InChI is InChI=1S/C24H38N4O2/c1-18(2)23(29)25-21-9-8-19(3)22(16-21)26-24(30)28-14-10-20(11-15-28)17-27-12-6-4-5-7-13-27/h8-9,16,18,20H,4-7,10-15,17H2,1-3H3,(H,25,29)(H,26,30). The van der Waals surface area contributed by atoms with Gasteiger partial charge in [0.1, 0.15) is 0 Å². The van der Waals surface area contributed by atoms with Gasteiger partial charge in [-0.15, -0.1) is 0 Å². The Morgan fingerprint density at radius 1 is 1.00 bits per heavy atom. The Kier molecular flexibility index (Phi) is 8.14. The average Bonchev–Trinajstić information content (AvgIpc) is 2.99. The number of nitrogens with one attached hydrogen (secondary N) is 2. The summed E-state index contributed by atoms with van der Waals surface area (Å²) < 4.78 is 0. The first-order chi connectivity index (χ1) is 14.4. The zero-order valence-corrected chi connectivity index (χ0v) is 18.9. The largest absolute Gasteiger partial charge is 0.326 e. The minimum absolute atomic E-state index is 0.0254. The van der Waals surface area contributed by atoms with Crippen molar-refractivity contribution in [1.82, 2.24) is 9.80 Å². The fraction of sp³-hybridized carbons (Fsp3) is 0.667. The highest BCUT2D eigenvalue weighted by atomic mass is 16.2. The van der Waals surface area contributed by atoms with E-state index in [2.05, 4.69) is 15.5 Å². The number of benzene rings is 1. The average molecular weight is 415 g/mol. The van der Waals surface area contributed by atoms with Gasteiger partial charge in [0.15, 0.2) is 0 Å². The van der Waals surface area contributed by atoms with E-state index in [0.717, 1.165) is 37.2 Å². The lowest BCUT2D eigenvalue weighted by Gasteiger charge is -2.34. The number of amides is 3. The third kappa shape index (κ3) is 6.46. The Bertz CT molecular complexity index is 718. The van der Waals surface area contributed by atoms with Gasteiger partial charge in [-0.25, -0.2) is 4.79 Å². The quantitative estimate of drug-likeness (QED) is 0.733. The van der Waals surface area contributed by atoms with Crippen LogP contribution in [0, 0.1) is 18.8 Å². The number of piperidine rings is 1. The molecule has 0 spiro atoms. The molecule has 166 valence electrons. The Morgan fingerprint density at radius 3 is 2.30 bits per heavy atom. The van der Waals surface area contributed by atoms with Crippen molar-refractivity contribution in [2.75, 3.05) is 43.4 Å². The molecule has 6 heteroatoms. The normalized spacial score (nSPS) is 18.9. The maximum absolute atomic E-state index is 12.8. The zero-order chi connectivity index (χ0) is 21.5. The van der Waals surface area contributed by atoms with E-state index in [1.54, 1.807) is 0 Å². The molecule has 0 saturated carbocycles. The molecule has 0 atom stereocenters. The molecule has 2 aliphatic rings. The van der Waals surface area contributed by atoms with Crippen LogP contribution in [0.15, 0.2) is 18.2 Å². The van der Waals surface area contributed by atoms with Crippen molar-refractivity contribution < 1.29 is 9.59 Å². The Morgan fingerprint density at radius 2 is 1.67 bits per heavy atom. The lowest BCUT2D eigenvalue weighted by molar-refractivity contribution is -0.118. The number of likely N-dealkylation sites (tertiary alicyclic amines) is 2. The maximum Gasteiger partial charge on any atom is 0.321 e. The van der Waals surface area contributed by atoms with E-state index in [1.165, 1.54) is 45.3 Å². The van der Waals surface area contributed by atoms with Crippen molar-refractivity contribution in [1.29, 1.82) is 0 Å². The second kappa shape index (κ2) is 10.8. The highest BCUT2D eigenvalue weighted by Gasteiger charge is 2.25. The molecular weight excluding hydrogens is 376 g/mol. The Labute approximate surface area is 181 Å². The summed E-state index contributed by atoms with van der Waals surface area (Å²) in [5, 5.41) is 5.95. The van der Waals surface area contributed by atoms with Crippen molar-refractivity contribution in [2.24, 2.45) is 11.8 Å². The molecule has 0 unspecified atom stereocenters. The summed E-state index contributed by atoms with van der Waals surface area (Å²) in [6.45, 7) is 11.0. The van der Waals surface area contributed by atoms with Gasteiger partial charge in [0, 0.05) is 36.9 Å². The second-order valence-corrected chi connectivity index (χ2v) is 9.25. The monoisotopic (exact) mass is 414 g/mol. The van der Waals surface area contributed by atoms with Gasteiger partial charge in [-0.05, 0) is 69.3 Å². The second-order valence-electron chi connectivity index (χ2n) is 9.25. The summed E-state index contributed by atoms with van der Waals surface area (Å²) in [6, 6.07) is 5.61. The molecule has 1 aromatic carbocycles. The van der Waals surface area contributed by atoms with Gasteiger partial charge in [0.25, 0.3) is 0 Å². The lowest BCUT2D eigenvalue weighted by atomic mass is 9.96. The summed E-state index contributed by atoms with van der Waals surface area (Å²) in [6.07, 6.45) is 7.56. The van der Waals surface area contributed by atoms with Gasteiger partial charge in [-0.2, -0.15) is 0 Å². The van der Waals surface area contributed by atoms with E-state index in [1.807, 2.05) is 43.9 Å². The number of aryl methyl sites for hydroxylation is 1. The predicted molar refractivity (Wildman–Crippen MR) is 123 cm³/mol. The first-order valence-corrected chi connectivity index (χ1v) is 11.6. The summed E-state index contributed by atoms with van der Waals surface area (Å²) in [7, 11) is 0. The SMILES string of the molecule is Cc1ccc(NC(=O)C(C)C)cc1NC(=O)N1CCC(CN2CCCCCC2)CC1. The maximum atomic E-state index is 12.8. The van der Waals surface area contributed by atoms with Crippen molar-refractivity contribution in [3.8, 4) is 0 Å². The van der Waals surface area contributed by atoms with Crippen LogP contribution in [0.5, 0.6) is 0 Å². The zero-order valence-electron chi connectivity index (χ0n) is 18.9. The van der Waals surface area contributed by atoms with Crippen LogP contribution < -0.4 is 10.6 Å². The van der Waals surface area contributed by atoms with Gasteiger partial charge < -0.3 is 20.4 Å². The van der Waals surface area contributed by atoms with Crippen LogP contribution in [-0.4, -0.2) is 54.5 Å². The minimum Gasteiger partial charge on any atom is -0.326 e. The fourth-order valence-corrected chi connectivity index (χ4v) is 4.32. The molecule has 2 fully saturated rings. The summed E-state index contributed by atoms with van der Waals surface area (Å²) in [5.74, 6) is 0.589. The molecule has 0 aliphatic carbocycles. The van der Waals surface area contributed by atoms with Crippen LogP contribution >= 0.6 is 0 Å². The molecule has 0 bridgehead atoms. The molecule has 2 N–H and O–H groups in total. The number of carbonyl (C=O) groups is 2. The van der Waals surface area contributed by atoms with E-state index in [9.17, 15) is 9.59 Å². The highest BCUT2D eigenvalue weighted by Crippen LogP contribution is 2.24. The van der Waals surface area contributed by atoms with Crippen molar-refractivity contribution in [3.05, 3.63) is 23.8 Å². The van der Waals surface area contributed by atoms with Crippen LogP contribution in [-0.2, 0) is 4.79 Å². The van der Waals surface area contributed by atoms with Crippen LogP contribution in [0.1, 0.15) is 57.9 Å². The van der Waals surface area contributed by atoms with E-state index in [4.69, 9.17) is 0 Å². The van der Waals surface area contributed by atoms with Crippen molar-refractivity contribution in [3.63, 3.8) is 0 Å². The molecule has 3 amide bonds. The molecular formula is C24H38N4O2. The van der Waals surface area contributed by atoms with Crippen LogP contribution in [0.4, 0.5) is 16.2 Å². The topological polar surface area (TPSA) is 64.7 Å². The molecule has 30 heavy (non-hydrogen) atoms. The first kappa shape index (κ1) is 22.6. The number of hydrogen-bond donors (Lipinski definition) is 2. The minimum atomic E-state index is -0.0834. The summed E-state index contributed by atoms with van der Waals surface area (Å²) in [5.41, 5.74) is 2.46. The Hall–Kier alpha value is -2.08. The third-order valence-electron chi connectivity index (χ3n) is 6.39. The van der Waals surface area contributed by atoms with Crippen molar-refractivity contribution in [2.45, 2.75) is 59.3 Å². The van der Waals surface area contributed by atoms with E-state index < -0.39 is 0 Å². The van der Waals surface area contributed by atoms with Crippen LogP contribution in [0.25, 0.3) is 0 Å². The van der Waals surface area contributed by atoms with E-state index >= 15 is 0 Å². The molecule has 1 aromatic rings. The number of anilines is 2. The third-order valence-corrected chi connectivity index (χ3v) is 6.39. The van der Waals surface area contributed by atoms with Crippen LogP contribution in [0.2, 0.25) is 0 Å². The van der Waals surface area contributed by atoms with Gasteiger partial charge in [0.2, 0.25) is 5.91 Å². The van der Waals surface area contributed by atoms with Crippen molar-refractivity contribution >= 4 is 23.3 Å². The molecule has 2 aliphatic heterocycles. The van der Waals surface area contributed by atoms with Gasteiger partial charge in [-0.3, -0.25) is 4.79 Å². The number of rotatable bonds is 5. The number of hydrogen-bond acceptors (Lipinski definition) is 3. The molecule has 3 rings (SSSR count). The Balaban J connectivity index is 1.50. The molecule has 0 radical (unpaired) electrons. The first-order valence-electron chi connectivity index (χ1n) is 11.6. The molecule has 2 heterocycles. The summed E-state index contributed by atoms with van der Waals surface area (Å²) >= 11 is 0.